The lowest BCUT2D eigenvalue weighted by atomic mass is 9.88. The predicted octanol–water partition coefficient (Wildman–Crippen LogP) is 4.69. The summed E-state index contributed by atoms with van der Waals surface area (Å²) >= 11 is 5.99. The Kier molecular flexibility index (Phi) is 8.27. The Morgan fingerprint density at radius 3 is 2.57 bits per heavy atom. The number of aryl methyl sites for hydroxylation is 1. The lowest BCUT2D eigenvalue weighted by Gasteiger charge is -2.37. The summed E-state index contributed by atoms with van der Waals surface area (Å²) in [7, 11) is 0. The SMILES string of the molecule is Nc1nc2c(c(N3CCN(CCOCc4ccc(C(=O)O)o4)CC3)n1)CCc1cc(OCc3ccc(Cl)cc3)ccc1-2. The van der Waals surface area contributed by atoms with Gasteiger partial charge >= 0.3 is 5.97 Å². The van der Waals surface area contributed by atoms with Gasteiger partial charge in [-0.1, -0.05) is 23.7 Å². The number of nitrogens with two attached hydrogens (primary N) is 1. The molecule has 11 heteroatoms. The van der Waals surface area contributed by atoms with Crippen LogP contribution < -0.4 is 15.4 Å². The number of benzene rings is 2. The van der Waals surface area contributed by atoms with Gasteiger partial charge in [-0.25, -0.2) is 9.78 Å². The number of ether oxygens (including phenoxy) is 2. The molecule has 3 N–H and O–H groups in total. The highest BCUT2D eigenvalue weighted by Crippen LogP contribution is 2.38. The van der Waals surface area contributed by atoms with E-state index in [1.54, 1.807) is 6.07 Å². The number of nitrogens with zero attached hydrogens (tertiary/aromatic N) is 4. The van der Waals surface area contributed by atoms with Crippen LogP contribution in [0.2, 0.25) is 5.02 Å². The van der Waals surface area contributed by atoms with E-state index >= 15 is 0 Å². The van der Waals surface area contributed by atoms with Gasteiger partial charge in [0.25, 0.3) is 0 Å². The van der Waals surface area contributed by atoms with Gasteiger partial charge in [-0.15, -0.1) is 0 Å². The van der Waals surface area contributed by atoms with Gasteiger partial charge in [0, 0.05) is 48.9 Å². The fraction of sp³-hybridized carbons (Fsp3) is 0.323. The van der Waals surface area contributed by atoms with Crippen molar-refractivity contribution >= 4 is 29.3 Å². The van der Waals surface area contributed by atoms with Crippen LogP contribution in [0.4, 0.5) is 11.8 Å². The summed E-state index contributed by atoms with van der Waals surface area (Å²) in [6, 6.07) is 16.9. The van der Waals surface area contributed by atoms with Gasteiger partial charge in [-0.3, -0.25) is 4.90 Å². The summed E-state index contributed by atoms with van der Waals surface area (Å²) in [5.74, 6) is 1.37. The van der Waals surface area contributed by atoms with E-state index in [0.717, 1.165) is 79.5 Å². The summed E-state index contributed by atoms with van der Waals surface area (Å²) < 4.78 is 17.0. The molecule has 2 aromatic carbocycles. The van der Waals surface area contributed by atoms with Gasteiger partial charge < -0.3 is 29.6 Å². The van der Waals surface area contributed by atoms with Gasteiger partial charge in [0.05, 0.1) is 12.3 Å². The van der Waals surface area contributed by atoms with E-state index in [0.29, 0.717) is 24.0 Å². The smallest absolute Gasteiger partial charge is 0.371 e. The van der Waals surface area contributed by atoms with Crippen molar-refractivity contribution in [3.63, 3.8) is 0 Å². The molecule has 0 bridgehead atoms. The van der Waals surface area contributed by atoms with E-state index in [2.05, 4.69) is 31.9 Å². The number of anilines is 2. The number of rotatable bonds is 10. The molecule has 0 radical (unpaired) electrons. The fourth-order valence-corrected chi connectivity index (χ4v) is 5.55. The highest BCUT2D eigenvalue weighted by atomic mass is 35.5. The first kappa shape index (κ1) is 28.0. The highest BCUT2D eigenvalue weighted by molar-refractivity contribution is 6.30. The largest absolute Gasteiger partial charge is 0.489 e. The molecule has 0 spiro atoms. The minimum Gasteiger partial charge on any atom is -0.489 e. The van der Waals surface area contributed by atoms with E-state index in [9.17, 15) is 4.79 Å². The molecule has 1 fully saturated rings. The summed E-state index contributed by atoms with van der Waals surface area (Å²) in [6.45, 7) is 5.42. The van der Waals surface area contributed by atoms with E-state index in [1.165, 1.54) is 11.6 Å². The first-order chi connectivity index (χ1) is 20.4. The van der Waals surface area contributed by atoms with Crippen molar-refractivity contribution < 1.29 is 23.8 Å². The van der Waals surface area contributed by atoms with Crippen LogP contribution in [-0.2, 0) is 30.8 Å². The molecule has 0 amide bonds. The van der Waals surface area contributed by atoms with Crippen molar-refractivity contribution in [1.29, 1.82) is 0 Å². The normalized spacial score (nSPS) is 14.8. The van der Waals surface area contributed by atoms with Gasteiger partial charge in [0.2, 0.25) is 11.7 Å². The van der Waals surface area contributed by atoms with Crippen molar-refractivity contribution in [2.75, 3.05) is 50.0 Å². The molecular formula is C31H32ClN5O5. The Bertz CT molecular complexity index is 1570. The van der Waals surface area contributed by atoms with Gasteiger partial charge in [-0.2, -0.15) is 4.98 Å². The lowest BCUT2D eigenvalue weighted by molar-refractivity contribution is 0.0633. The first-order valence-electron chi connectivity index (χ1n) is 14.0. The Morgan fingerprint density at radius 1 is 1.00 bits per heavy atom. The number of nitrogen functional groups attached to an aromatic ring is 1. The molecule has 0 unspecified atom stereocenters. The molecule has 10 nitrogen and oxygen atoms in total. The predicted molar refractivity (Wildman–Crippen MR) is 159 cm³/mol. The number of piperazine rings is 1. The topological polar surface area (TPSA) is 127 Å². The summed E-state index contributed by atoms with van der Waals surface area (Å²) in [5, 5.41) is 9.68. The second-order valence-corrected chi connectivity index (χ2v) is 10.9. The molecule has 3 heterocycles. The molecule has 0 saturated carbocycles. The zero-order valence-electron chi connectivity index (χ0n) is 23.1. The number of carbonyl (C=O) groups is 1. The summed E-state index contributed by atoms with van der Waals surface area (Å²) in [6.07, 6.45) is 1.71. The quantitative estimate of drug-likeness (QED) is 0.252. The molecule has 2 aromatic heterocycles. The maximum absolute atomic E-state index is 10.9. The molecule has 2 aliphatic rings. The number of furan rings is 1. The van der Waals surface area contributed by atoms with Crippen LogP contribution in [0.1, 0.15) is 33.0 Å². The van der Waals surface area contributed by atoms with Gasteiger partial charge in [0.1, 0.15) is 30.5 Å². The van der Waals surface area contributed by atoms with Crippen LogP contribution >= 0.6 is 11.6 Å². The second-order valence-electron chi connectivity index (χ2n) is 10.4. The molecule has 42 heavy (non-hydrogen) atoms. The van der Waals surface area contributed by atoms with Crippen molar-refractivity contribution in [3.05, 3.63) is 87.8 Å². The fourth-order valence-electron chi connectivity index (χ4n) is 5.43. The van der Waals surface area contributed by atoms with E-state index in [-0.39, 0.29) is 18.3 Å². The Hall–Kier alpha value is -4.12. The number of carboxylic acids is 1. The molecule has 1 saturated heterocycles. The zero-order chi connectivity index (χ0) is 29.1. The summed E-state index contributed by atoms with van der Waals surface area (Å²) in [5.41, 5.74) is 11.6. The maximum Gasteiger partial charge on any atom is 0.371 e. The number of carboxylic acid groups (broad SMARTS) is 1. The maximum atomic E-state index is 10.9. The minimum atomic E-state index is -1.08. The first-order valence-corrected chi connectivity index (χ1v) is 14.3. The summed E-state index contributed by atoms with van der Waals surface area (Å²) in [4.78, 5) is 24.9. The molecule has 1 aliphatic carbocycles. The van der Waals surface area contributed by atoms with E-state index in [4.69, 9.17) is 36.3 Å². The number of hydrogen-bond donors (Lipinski definition) is 2. The van der Waals surface area contributed by atoms with Crippen LogP contribution in [0.15, 0.2) is 59.0 Å². The monoisotopic (exact) mass is 589 g/mol. The van der Waals surface area contributed by atoms with Crippen LogP contribution in [0.5, 0.6) is 5.75 Å². The standard InChI is InChI=1S/C31H32ClN5O5/c32-22-4-1-20(2-5-22)18-41-23-6-9-25-21(17-23)3-8-26-28(25)34-31(33)35-29(26)37-13-11-36(12-14-37)15-16-40-19-24-7-10-27(42-24)30(38)39/h1-2,4-7,9-10,17H,3,8,11-16,18-19H2,(H,38,39)(H2,33,34,35). The molecule has 0 atom stereocenters. The number of fused-ring (bicyclic) bond motifs is 3. The average Bonchev–Trinajstić information content (AvgIpc) is 3.48. The molecule has 218 valence electrons. The number of halogens is 1. The zero-order valence-corrected chi connectivity index (χ0v) is 23.8. The van der Waals surface area contributed by atoms with Crippen molar-refractivity contribution in [1.82, 2.24) is 14.9 Å². The van der Waals surface area contributed by atoms with Crippen LogP contribution in [0, 0.1) is 0 Å². The number of aromatic carboxylic acids is 1. The van der Waals surface area contributed by atoms with Crippen LogP contribution in [-0.4, -0.2) is 65.3 Å². The lowest BCUT2D eigenvalue weighted by Crippen LogP contribution is -2.48. The van der Waals surface area contributed by atoms with Crippen LogP contribution in [0.3, 0.4) is 0 Å². The van der Waals surface area contributed by atoms with Gasteiger partial charge in [0.15, 0.2) is 0 Å². The van der Waals surface area contributed by atoms with Crippen molar-refractivity contribution in [2.45, 2.75) is 26.1 Å². The third kappa shape index (κ3) is 6.35. The number of hydrogen-bond acceptors (Lipinski definition) is 9. The molecule has 4 aromatic rings. The minimum absolute atomic E-state index is 0.0789. The van der Waals surface area contributed by atoms with Crippen molar-refractivity contribution in [2.24, 2.45) is 0 Å². The third-order valence-corrected chi connectivity index (χ3v) is 7.89. The molecular weight excluding hydrogens is 558 g/mol. The Morgan fingerprint density at radius 2 is 1.81 bits per heavy atom. The second kappa shape index (κ2) is 12.4. The molecule has 6 rings (SSSR count). The van der Waals surface area contributed by atoms with Crippen LogP contribution in [0.25, 0.3) is 11.3 Å². The number of aromatic nitrogens is 2. The van der Waals surface area contributed by atoms with E-state index < -0.39 is 5.97 Å². The Labute approximate surface area is 248 Å². The average molecular weight is 590 g/mol. The van der Waals surface area contributed by atoms with Crippen molar-refractivity contribution in [3.8, 4) is 17.0 Å². The molecule has 1 aliphatic heterocycles. The Balaban J connectivity index is 1.05. The van der Waals surface area contributed by atoms with Gasteiger partial charge in [-0.05, 0) is 66.4 Å². The third-order valence-electron chi connectivity index (χ3n) is 7.64. The van der Waals surface area contributed by atoms with E-state index in [1.807, 2.05) is 30.3 Å². The highest BCUT2D eigenvalue weighted by Gasteiger charge is 2.27.